The van der Waals surface area contributed by atoms with Gasteiger partial charge in [-0.05, 0) is 31.2 Å². The molecule has 0 aromatic heterocycles. The number of ether oxygens (including phenoxy) is 1. The van der Waals surface area contributed by atoms with Gasteiger partial charge in [0.2, 0.25) is 0 Å². The fraction of sp³-hybridized carbons (Fsp3) is 0.150. The summed E-state index contributed by atoms with van der Waals surface area (Å²) < 4.78 is 5.15. The average molecular weight is 419 g/mol. The number of nitrogens with zero attached hydrogens (tertiary/aromatic N) is 1. The minimum Gasteiger partial charge on any atom is -0.451 e. The molecule has 0 radical (unpaired) electrons. The van der Waals surface area contributed by atoms with Crippen LogP contribution >= 0.6 is 23.2 Å². The van der Waals surface area contributed by atoms with Crippen LogP contribution in [0.4, 0.5) is 5.69 Å². The zero-order chi connectivity index (χ0) is 20.4. The highest BCUT2D eigenvalue weighted by Crippen LogP contribution is 2.31. The van der Waals surface area contributed by atoms with E-state index < -0.39 is 18.0 Å². The van der Waals surface area contributed by atoms with Gasteiger partial charge in [-0.3, -0.25) is 19.3 Å². The van der Waals surface area contributed by atoms with E-state index in [9.17, 15) is 14.4 Å². The first-order valence-corrected chi connectivity index (χ1v) is 9.09. The van der Waals surface area contributed by atoms with E-state index >= 15 is 0 Å². The van der Waals surface area contributed by atoms with Crippen LogP contribution in [0.5, 0.6) is 0 Å². The highest BCUT2D eigenvalue weighted by atomic mass is 35.5. The Labute approximate surface area is 171 Å². The molecule has 0 spiro atoms. The van der Waals surface area contributed by atoms with E-state index in [1.165, 1.54) is 17.9 Å². The Bertz CT molecular complexity index is 955. The molecule has 2 amide bonds. The molecular weight excluding hydrogens is 403 g/mol. The van der Waals surface area contributed by atoms with E-state index in [0.29, 0.717) is 27.5 Å². The SMILES string of the molecule is C=C1c2ccccc2C(=O)N1CC(=O)O[C@H](C)C(=O)Nc1ccc(Cl)cc1Cl. The van der Waals surface area contributed by atoms with Crippen LogP contribution in [0.25, 0.3) is 5.70 Å². The van der Waals surface area contributed by atoms with Gasteiger partial charge in [-0.2, -0.15) is 0 Å². The van der Waals surface area contributed by atoms with Gasteiger partial charge in [0.05, 0.1) is 10.7 Å². The molecule has 1 atom stereocenters. The number of carbonyl (C=O) groups excluding carboxylic acids is 3. The number of halogens is 2. The van der Waals surface area contributed by atoms with Crippen molar-refractivity contribution in [2.75, 3.05) is 11.9 Å². The number of nitrogens with one attached hydrogen (secondary N) is 1. The summed E-state index contributed by atoms with van der Waals surface area (Å²) in [6, 6.07) is 11.5. The lowest BCUT2D eigenvalue weighted by molar-refractivity contribution is -0.153. The topological polar surface area (TPSA) is 75.7 Å². The van der Waals surface area contributed by atoms with E-state index in [4.69, 9.17) is 27.9 Å². The van der Waals surface area contributed by atoms with Gasteiger partial charge in [0.25, 0.3) is 11.8 Å². The molecule has 6 nitrogen and oxygen atoms in total. The molecule has 8 heteroatoms. The monoisotopic (exact) mass is 418 g/mol. The number of amides is 2. The number of anilines is 1. The van der Waals surface area contributed by atoms with E-state index in [2.05, 4.69) is 11.9 Å². The normalized spacial score (nSPS) is 13.9. The van der Waals surface area contributed by atoms with Crippen molar-refractivity contribution in [2.45, 2.75) is 13.0 Å². The summed E-state index contributed by atoms with van der Waals surface area (Å²) in [5, 5.41) is 3.25. The summed E-state index contributed by atoms with van der Waals surface area (Å²) >= 11 is 11.8. The zero-order valence-corrected chi connectivity index (χ0v) is 16.4. The maximum Gasteiger partial charge on any atom is 0.326 e. The molecule has 0 bridgehead atoms. The van der Waals surface area contributed by atoms with Crippen molar-refractivity contribution in [1.29, 1.82) is 0 Å². The molecule has 0 unspecified atom stereocenters. The predicted molar refractivity (Wildman–Crippen MR) is 107 cm³/mol. The lowest BCUT2D eigenvalue weighted by Crippen LogP contribution is -2.35. The molecule has 144 valence electrons. The van der Waals surface area contributed by atoms with Gasteiger partial charge in [0.15, 0.2) is 6.10 Å². The molecule has 0 saturated heterocycles. The van der Waals surface area contributed by atoms with Gasteiger partial charge in [0.1, 0.15) is 6.54 Å². The molecule has 1 N–H and O–H groups in total. The largest absolute Gasteiger partial charge is 0.451 e. The Morgan fingerprint density at radius 2 is 1.86 bits per heavy atom. The number of carbonyl (C=O) groups is 3. The maximum absolute atomic E-state index is 12.4. The first-order valence-electron chi connectivity index (χ1n) is 8.33. The lowest BCUT2D eigenvalue weighted by atomic mass is 10.1. The van der Waals surface area contributed by atoms with Crippen molar-refractivity contribution in [1.82, 2.24) is 4.90 Å². The number of benzene rings is 2. The van der Waals surface area contributed by atoms with Crippen molar-refractivity contribution in [2.24, 2.45) is 0 Å². The highest BCUT2D eigenvalue weighted by molar-refractivity contribution is 6.36. The Hall–Kier alpha value is -2.83. The van der Waals surface area contributed by atoms with Gasteiger partial charge in [0, 0.05) is 21.8 Å². The van der Waals surface area contributed by atoms with E-state index in [1.807, 2.05) is 0 Å². The van der Waals surface area contributed by atoms with Crippen LogP contribution in [0, 0.1) is 0 Å². The number of hydrogen-bond acceptors (Lipinski definition) is 4. The fourth-order valence-corrected chi connectivity index (χ4v) is 3.20. The van der Waals surface area contributed by atoms with Gasteiger partial charge >= 0.3 is 5.97 Å². The molecule has 2 aromatic carbocycles. The Balaban J connectivity index is 1.59. The Morgan fingerprint density at radius 1 is 1.18 bits per heavy atom. The van der Waals surface area contributed by atoms with Crippen LogP contribution in [0.2, 0.25) is 10.0 Å². The molecule has 1 aliphatic heterocycles. The van der Waals surface area contributed by atoms with E-state index in [0.717, 1.165) is 0 Å². The molecular formula is C20H16Cl2N2O4. The number of fused-ring (bicyclic) bond motifs is 1. The first kappa shape index (κ1) is 19.9. The summed E-state index contributed by atoms with van der Waals surface area (Å²) in [7, 11) is 0. The second-order valence-corrected chi connectivity index (χ2v) is 6.97. The third-order valence-corrected chi connectivity index (χ3v) is 4.74. The molecule has 28 heavy (non-hydrogen) atoms. The second-order valence-electron chi connectivity index (χ2n) is 6.13. The minimum absolute atomic E-state index is 0.260. The molecule has 1 aliphatic rings. The Morgan fingerprint density at radius 3 is 2.50 bits per heavy atom. The number of hydrogen-bond donors (Lipinski definition) is 1. The van der Waals surface area contributed by atoms with Gasteiger partial charge in [-0.1, -0.05) is 48.0 Å². The molecule has 0 aliphatic carbocycles. The van der Waals surface area contributed by atoms with Crippen LogP contribution in [0.1, 0.15) is 22.8 Å². The van der Waals surface area contributed by atoms with Crippen molar-refractivity contribution in [3.05, 3.63) is 70.2 Å². The number of rotatable bonds is 5. The average Bonchev–Trinajstić information content (AvgIpc) is 2.89. The predicted octanol–water partition coefficient (Wildman–Crippen LogP) is 3.99. The number of esters is 1. The van der Waals surface area contributed by atoms with Gasteiger partial charge in [-0.15, -0.1) is 0 Å². The Kier molecular flexibility index (Phi) is 5.72. The fourth-order valence-electron chi connectivity index (χ4n) is 2.74. The third kappa shape index (κ3) is 4.03. The third-order valence-electron chi connectivity index (χ3n) is 4.19. The van der Waals surface area contributed by atoms with E-state index in [-0.39, 0.29) is 17.5 Å². The molecule has 3 rings (SSSR count). The summed E-state index contributed by atoms with van der Waals surface area (Å²) in [6.07, 6.45) is -1.09. The first-order chi connectivity index (χ1) is 13.3. The molecule has 1 heterocycles. The van der Waals surface area contributed by atoms with Crippen molar-refractivity contribution in [3.8, 4) is 0 Å². The van der Waals surface area contributed by atoms with Crippen LogP contribution in [0.3, 0.4) is 0 Å². The van der Waals surface area contributed by atoms with Gasteiger partial charge < -0.3 is 10.1 Å². The lowest BCUT2D eigenvalue weighted by Gasteiger charge is -2.19. The smallest absolute Gasteiger partial charge is 0.326 e. The van der Waals surface area contributed by atoms with Crippen molar-refractivity contribution < 1.29 is 19.1 Å². The summed E-state index contributed by atoms with van der Waals surface area (Å²) in [5.41, 5.74) is 1.91. The highest BCUT2D eigenvalue weighted by Gasteiger charge is 2.33. The minimum atomic E-state index is -1.09. The van der Waals surface area contributed by atoms with E-state index in [1.54, 1.807) is 36.4 Å². The molecule has 2 aromatic rings. The molecule has 0 saturated carbocycles. The summed E-state index contributed by atoms with van der Waals surface area (Å²) in [5.74, 6) is -1.62. The van der Waals surface area contributed by atoms with Crippen LogP contribution in [0.15, 0.2) is 49.0 Å². The summed E-state index contributed by atoms with van der Waals surface area (Å²) in [4.78, 5) is 38.1. The van der Waals surface area contributed by atoms with Gasteiger partial charge in [-0.25, -0.2) is 0 Å². The standard InChI is InChI=1S/C20H16Cl2N2O4/c1-11-14-5-3-4-6-15(14)20(27)24(11)10-18(25)28-12(2)19(26)23-17-8-7-13(21)9-16(17)22/h3-9,12H,1,10H2,2H3,(H,23,26)/t12-/m1/s1. The maximum atomic E-state index is 12.4. The quantitative estimate of drug-likeness (QED) is 0.744. The zero-order valence-electron chi connectivity index (χ0n) is 14.9. The van der Waals surface area contributed by atoms with Crippen molar-refractivity contribution in [3.63, 3.8) is 0 Å². The second kappa shape index (κ2) is 8.04. The van der Waals surface area contributed by atoms with Crippen LogP contribution in [-0.4, -0.2) is 35.3 Å². The van der Waals surface area contributed by atoms with Crippen LogP contribution < -0.4 is 5.32 Å². The summed E-state index contributed by atoms with van der Waals surface area (Å²) in [6.45, 7) is 4.94. The molecule has 0 fully saturated rings. The van der Waals surface area contributed by atoms with Crippen LogP contribution in [-0.2, 0) is 14.3 Å². The van der Waals surface area contributed by atoms with Crippen molar-refractivity contribution >= 4 is 52.4 Å².